The number of benzene rings is 1. The van der Waals surface area contributed by atoms with Gasteiger partial charge in [-0.1, -0.05) is 0 Å². The van der Waals surface area contributed by atoms with Crippen molar-refractivity contribution in [3.05, 3.63) is 41.0 Å². The summed E-state index contributed by atoms with van der Waals surface area (Å²) in [6.07, 6.45) is 0. The molecule has 2 N–H and O–H groups in total. The number of fused-ring (bicyclic) bond motifs is 1. The molecule has 4 rings (SSSR count). The van der Waals surface area contributed by atoms with E-state index in [2.05, 4.69) is 17.2 Å². The zero-order valence-corrected chi connectivity index (χ0v) is 17.1. The van der Waals surface area contributed by atoms with Gasteiger partial charge in [0.1, 0.15) is 23.1 Å². The SMILES string of the molecule is COc1ccc(CN2NCc3c(CO)cc(N4CCOC[C@H]4C)nc32)c(OC)c1. The Kier molecular flexibility index (Phi) is 5.75. The van der Waals surface area contributed by atoms with E-state index in [0.29, 0.717) is 26.3 Å². The maximum Gasteiger partial charge on any atom is 0.150 e. The monoisotopic (exact) mass is 400 g/mol. The Morgan fingerprint density at radius 1 is 1.24 bits per heavy atom. The van der Waals surface area contributed by atoms with Crippen LogP contribution in [0.25, 0.3) is 0 Å². The lowest BCUT2D eigenvalue weighted by molar-refractivity contribution is 0.0985. The molecule has 1 aromatic heterocycles. The van der Waals surface area contributed by atoms with Crippen molar-refractivity contribution in [2.45, 2.75) is 32.7 Å². The van der Waals surface area contributed by atoms with Gasteiger partial charge in [-0.25, -0.2) is 10.4 Å². The van der Waals surface area contributed by atoms with Gasteiger partial charge in [0.2, 0.25) is 0 Å². The molecule has 156 valence electrons. The van der Waals surface area contributed by atoms with E-state index < -0.39 is 0 Å². The highest BCUT2D eigenvalue weighted by Crippen LogP contribution is 2.34. The van der Waals surface area contributed by atoms with Crippen LogP contribution >= 0.6 is 0 Å². The second-order valence-corrected chi connectivity index (χ2v) is 7.32. The van der Waals surface area contributed by atoms with E-state index in [4.69, 9.17) is 19.2 Å². The predicted octanol–water partition coefficient (Wildman–Crippen LogP) is 1.84. The quantitative estimate of drug-likeness (QED) is 0.761. The summed E-state index contributed by atoms with van der Waals surface area (Å²) in [5, 5.41) is 12.0. The molecule has 2 aliphatic rings. The highest BCUT2D eigenvalue weighted by molar-refractivity contribution is 5.61. The number of aliphatic hydroxyl groups excluding tert-OH is 1. The molecule has 3 heterocycles. The number of hydrazine groups is 1. The highest BCUT2D eigenvalue weighted by Gasteiger charge is 2.28. The van der Waals surface area contributed by atoms with Crippen LogP contribution in [0.15, 0.2) is 24.3 Å². The fraction of sp³-hybridized carbons (Fsp3) is 0.476. The van der Waals surface area contributed by atoms with Crippen LogP contribution in [0.1, 0.15) is 23.6 Å². The third kappa shape index (κ3) is 3.83. The van der Waals surface area contributed by atoms with Gasteiger partial charge in [0.05, 0.1) is 46.6 Å². The second kappa shape index (κ2) is 8.44. The zero-order chi connectivity index (χ0) is 20.4. The molecule has 0 unspecified atom stereocenters. The van der Waals surface area contributed by atoms with Crippen molar-refractivity contribution < 1.29 is 19.3 Å². The number of aromatic nitrogens is 1. The number of hydrogen-bond donors (Lipinski definition) is 2. The lowest BCUT2D eigenvalue weighted by atomic mass is 10.1. The number of nitrogens with zero attached hydrogens (tertiary/aromatic N) is 3. The number of ether oxygens (including phenoxy) is 3. The topological polar surface area (TPSA) is 79.3 Å². The van der Waals surface area contributed by atoms with Crippen molar-refractivity contribution in [2.24, 2.45) is 0 Å². The minimum atomic E-state index is -0.0159. The number of hydrogen-bond acceptors (Lipinski definition) is 8. The Balaban J connectivity index is 1.66. The lowest BCUT2D eigenvalue weighted by Crippen LogP contribution is -2.44. The molecule has 1 fully saturated rings. The van der Waals surface area contributed by atoms with Crippen LogP contribution in [0.4, 0.5) is 11.6 Å². The summed E-state index contributed by atoms with van der Waals surface area (Å²) in [5.74, 6) is 3.24. The first-order chi connectivity index (χ1) is 14.1. The second-order valence-electron chi connectivity index (χ2n) is 7.32. The van der Waals surface area contributed by atoms with Crippen molar-refractivity contribution >= 4 is 11.6 Å². The van der Waals surface area contributed by atoms with Crippen LogP contribution in [-0.2, 0) is 24.4 Å². The normalized spacial score (nSPS) is 18.7. The largest absolute Gasteiger partial charge is 0.497 e. The molecule has 0 bridgehead atoms. The number of methoxy groups -OCH3 is 2. The standard InChI is InChI=1S/C21H28N4O4/c1-14-13-29-7-6-24(14)20-8-16(12-26)18-10-22-25(21(18)23-20)11-15-4-5-17(27-2)9-19(15)28-3/h4-5,8-9,14,22,26H,6-7,10-13H2,1-3H3/t14-/m1/s1. The van der Waals surface area contributed by atoms with Gasteiger partial charge >= 0.3 is 0 Å². The smallest absolute Gasteiger partial charge is 0.150 e. The molecule has 0 aliphatic carbocycles. The Hall–Kier alpha value is -2.55. The molecule has 1 aromatic carbocycles. The first-order valence-corrected chi connectivity index (χ1v) is 9.84. The van der Waals surface area contributed by atoms with E-state index in [1.54, 1.807) is 14.2 Å². The van der Waals surface area contributed by atoms with E-state index in [9.17, 15) is 5.11 Å². The van der Waals surface area contributed by atoms with Crippen molar-refractivity contribution in [3.8, 4) is 11.5 Å². The summed E-state index contributed by atoms with van der Waals surface area (Å²) >= 11 is 0. The van der Waals surface area contributed by atoms with E-state index in [1.807, 2.05) is 29.3 Å². The summed E-state index contributed by atoms with van der Waals surface area (Å²) in [6, 6.07) is 8.04. The summed E-state index contributed by atoms with van der Waals surface area (Å²) in [6.45, 7) is 5.48. The molecule has 8 nitrogen and oxygen atoms in total. The van der Waals surface area contributed by atoms with Crippen LogP contribution < -0.4 is 24.8 Å². The van der Waals surface area contributed by atoms with Crippen molar-refractivity contribution in [2.75, 3.05) is 43.9 Å². The summed E-state index contributed by atoms with van der Waals surface area (Å²) in [5.41, 5.74) is 6.35. The fourth-order valence-corrected chi connectivity index (χ4v) is 3.90. The van der Waals surface area contributed by atoms with Crippen LogP contribution in [-0.4, -0.2) is 50.1 Å². The molecule has 1 saturated heterocycles. The van der Waals surface area contributed by atoms with Gasteiger partial charge < -0.3 is 24.2 Å². The first kappa shape index (κ1) is 19.8. The number of nitrogens with one attached hydrogen (secondary N) is 1. The Bertz CT molecular complexity index is 876. The summed E-state index contributed by atoms with van der Waals surface area (Å²) in [4.78, 5) is 7.20. The number of anilines is 2. The maximum absolute atomic E-state index is 9.96. The average Bonchev–Trinajstić information content (AvgIpc) is 3.16. The van der Waals surface area contributed by atoms with Crippen LogP contribution in [0.2, 0.25) is 0 Å². The Morgan fingerprint density at radius 2 is 2.10 bits per heavy atom. The van der Waals surface area contributed by atoms with Gasteiger partial charge in [-0.15, -0.1) is 0 Å². The number of aliphatic hydroxyl groups is 1. The van der Waals surface area contributed by atoms with Gasteiger partial charge in [0.15, 0.2) is 0 Å². The van der Waals surface area contributed by atoms with Gasteiger partial charge in [0.25, 0.3) is 0 Å². The number of pyridine rings is 1. The molecule has 0 amide bonds. The molecular formula is C21H28N4O4. The first-order valence-electron chi connectivity index (χ1n) is 9.84. The molecule has 2 aliphatic heterocycles. The highest BCUT2D eigenvalue weighted by atomic mass is 16.5. The zero-order valence-electron chi connectivity index (χ0n) is 17.1. The predicted molar refractivity (Wildman–Crippen MR) is 110 cm³/mol. The van der Waals surface area contributed by atoms with Crippen LogP contribution in [0.3, 0.4) is 0 Å². The number of morpholine rings is 1. The maximum atomic E-state index is 9.96. The van der Waals surface area contributed by atoms with Gasteiger partial charge in [-0.2, -0.15) is 0 Å². The molecule has 8 heteroatoms. The third-order valence-corrected chi connectivity index (χ3v) is 5.54. The van der Waals surface area contributed by atoms with Crippen molar-refractivity contribution in [1.82, 2.24) is 10.4 Å². The minimum absolute atomic E-state index is 0.0159. The van der Waals surface area contributed by atoms with Crippen LogP contribution in [0, 0.1) is 0 Å². The lowest BCUT2D eigenvalue weighted by Gasteiger charge is -2.35. The molecular weight excluding hydrogens is 372 g/mol. The fourth-order valence-electron chi connectivity index (χ4n) is 3.90. The van der Waals surface area contributed by atoms with E-state index in [0.717, 1.165) is 46.4 Å². The summed E-state index contributed by atoms with van der Waals surface area (Å²) in [7, 11) is 3.30. The Labute approximate surface area is 171 Å². The van der Waals surface area contributed by atoms with Crippen LogP contribution in [0.5, 0.6) is 11.5 Å². The molecule has 1 atom stereocenters. The third-order valence-electron chi connectivity index (χ3n) is 5.54. The van der Waals surface area contributed by atoms with Gasteiger partial charge in [0, 0.05) is 30.3 Å². The van der Waals surface area contributed by atoms with Crippen molar-refractivity contribution in [3.63, 3.8) is 0 Å². The molecule has 2 aromatic rings. The minimum Gasteiger partial charge on any atom is -0.497 e. The van der Waals surface area contributed by atoms with Gasteiger partial charge in [-0.3, -0.25) is 5.01 Å². The van der Waals surface area contributed by atoms with E-state index >= 15 is 0 Å². The molecule has 0 radical (unpaired) electrons. The van der Waals surface area contributed by atoms with E-state index in [-0.39, 0.29) is 12.6 Å². The molecule has 29 heavy (non-hydrogen) atoms. The summed E-state index contributed by atoms with van der Waals surface area (Å²) < 4.78 is 16.4. The van der Waals surface area contributed by atoms with E-state index in [1.165, 1.54) is 0 Å². The van der Waals surface area contributed by atoms with Gasteiger partial charge in [-0.05, 0) is 30.7 Å². The molecule has 0 spiro atoms. The van der Waals surface area contributed by atoms with Crippen molar-refractivity contribution in [1.29, 1.82) is 0 Å². The average molecular weight is 400 g/mol. The number of rotatable bonds is 6. The molecule has 0 saturated carbocycles. The Morgan fingerprint density at radius 3 is 2.83 bits per heavy atom.